The Morgan fingerprint density at radius 1 is 0.595 bits per heavy atom. The summed E-state index contributed by atoms with van der Waals surface area (Å²) in [6.45, 7) is 0.566. The summed E-state index contributed by atoms with van der Waals surface area (Å²) in [6, 6.07) is 14.7. The molecule has 0 aliphatic rings. The minimum Gasteiger partial charge on any atom is -0.481 e. The fraction of sp³-hybridized carbons (Fsp3) is 0.407. The predicted octanol–water partition coefficient (Wildman–Crippen LogP) is 4.46. The lowest BCUT2D eigenvalue weighted by Crippen LogP contribution is -1.97. The molecule has 0 aliphatic carbocycles. The van der Waals surface area contributed by atoms with Crippen molar-refractivity contribution in [2.24, 2.45) is 9.98 Å². The number of aliphatic carboxylic acids is 2. The summed E-state index contributed by atoms with van der Waals surface area (Å²) in [5.41, 5.74) is 3.40. The van der Waals surface area contributed by atoms with Crippen molar-refractivity contribution in [3.8, 4) is 0 Å². The predicted molar refractivity (Wildman–Crippen MR) is 138 cm³/mol. The molecule has 0 spiro atoms. The smallest absolute Gasteiger partial charge is 0.303 e. The van der Waals surface area contributed by atoms with E-state index in [4.69, 9.17) is 20.4 Å². The first-order valence-electron chi connectivity index (χ1n) is 11.8. The van der Waals surface area contributed by atoms with Crippen LogP contribution in [0, 0.1) is 0 Å². The van der Waals surface area contributed by atoms with Crippen LogP contribution < -0.4 is 0 Å². The van der Waals surface area contributed by atoms with Gasteiger partial charge >= 0.3 is 11.9 Å². The van der Waals surface area contributed by atoms with Crippen molar-refractivity contribution in [1.82, 2.24) is 0 Å². The fourth-order valence-corrected chi connectivity index (χ4v) is 2.85. The summed E-state index contributed by atoms with van der Waals surface area (Å²) in [4.78, 5) is 47.1. The molecule has 0 bridgehead atoms. The van der Waals surface area contributed by atoms with Crippen LogP contribution in [-0.2, 0) is 25.6 Å². The second kappa shape index (κ2) is 22.5. The van der Waals surface area contributed by atoms with E-state index in [2.05, 4.69) is 9.98 Å². The van der Waals surface area contributed by atoms with E-state index in [0.29, 0.717) is 24.2 Å². The molecule has 0 aliphatic heterocycles. The molecule has 0 atom stereocenters. The molecule has 2 aromatic carbocycles. The molecular weight excluding hydrogens is 480 g/mol. The van der Waals surface area contributed by atoms with Crippen molar-refractivity contribution in [3.05, 3.63) is 59.7 Å². The average Bonchev–Trinajstić information content (AvgIpc) is 2.88. The van der Waals surface area contributed by atoms with Gasteiger partial charge in [0.25, 0.3) is 0 Å². The molecule has 0 radical (unpaired) electrons. The maximum atomic E-state index is 10.1. The minimum absolute atomic E-state index is 0.0628. The van der Waals surface area contributed by atoms with Crippen LogP contribution in [0.25, 0.3) is 0 Å². The van der Waals surface area contributed by atoms with Crippen LogP contribution in [0.4, 0.5) is 11.4 Å². The lowest BCUT2D eigenvalue weighted by Gasteiger charge is -2.02. The van der Waals surface area contributed by atoms with Crippen molar-refractivity contribution in [3.63, 3.8) is 0 Å². The Balaban J connectivity index is 0.000000607. The Labute approximate surface area is 216 Å². The highest BCUT2D eigenvalue weighted by Gasteiger charge is 1.99. The molecule has 10 nitrogen and oxygen atoms in total. The molecule has 2 rings (SSSR count). The lowest BCUT2D eigenvalue weighted by atomic mass is 10.0. The Morgan fingerprint density at radius 3 is 1.22 bits per heavy atom. The van der Waals surface area contributed by atoms with E-state index in [-0.39, 0.29) is 26.1 Å². The zero-order valence-corrected chi connectivity index (χ0v) is 20.7. The molecule has 0 amide bonds. The average molecular weight is 515 g/mol. The van der Waals surface area contributed by atoms with Crippen LogP contribution in [0.5, 0.6) is 0 Å². The van der Waals surface area contributed by atoms with Gasteiger partial charge in [-0.15, -0.1) is 0 Å². The third kappa shape index (κ3) is 20.0. The van der Waals surface area contributed by atoms with Crippen molar-refractivity contribution in [1.29, 1.82) is 0 Å². The van der Waals surface area contributed by atoms with Crippen LogP contribution >= 0.6 is 0 Å². The summed E-state index contributed by atoms with van der Waals surface area (Å²) in [5.74, 6) is -1.74. The molecule has 4 N–H and O–H groups in total. The maximum absolute atomic E-state index is 10.1. The number of aliphatic hydroxyl groups is 2. The van der Waals surface area contributed by atoms with Crippen LogP contribution in [0.3, 0.4) is 0 Å². The highest BCUT2D eigenvalue weighted by molar-refractivity contribution is 5.67. The summed E-state index contributed by atoms with van der Waals surface area (Å²) in [5, 5.41) is 32.9. The van der Waals surface area contributed by atoms with Gasteiger partial charge in [-0.2, -0.15) is 9.98 Å². The monoisotopic (exact) mass is 514 g/mol. The van der Waals surface area contributed by atoms with E-state index in [0.717, 1.165) is 43.2 Å². The van der Waals surface area contributed by atoms with Crippen molar-refractivity contribution < 1.29 is 39.6 Å². The van der Waals surface area contributed by atoms with Gasteiger partial charge in [-0.05, 0) is 67.5 Å². The van der Waals surface area contributed by atoms with E-state index in [9.17, 15) is 19.2 Å². The van der Waals surface area contributed by atoms with Gasteiger partial charge in [-0.1, -0.05) is 37.1 Å². The quantitative estimate of drug-likeness (QED) is 0.162. The fourth-order valence-electron chi connectivity index (χ4n) is 2.85. The van der Waals surface area contributed by atoms with Crippen molar-refractivity contribution in [2.45, 2.75) is 57.8 Å². The van der Waals surface area contributed by atoms with Gasteiger partial charge in [0.2, 0.25) is 12.2 Å². The van der Waals surface area contributed by atoms with Gasteiger partial charge in [0.15, 0.2) is 0 Å². The van der Waals surface area contributed by atoms with E-state index < -0.39 is 11.9 Å². The van der Waals surface area contributed by atoms with Gasteiger partial charge in [-0.3, -0.25) is 9.59 Å². The largest absolute Gasteiger partial charge is 0.481 e. The number of isocyanates is 2. The summed E-state index contributed by atoms with van der Waals surface area (Å²) in [7, 11) is 0. The Bertz CT molecular complexity index is 913. The maximum Gasteiger partial charge on any atom is 0.303 e. The van der Waals surface area contributed by atoms with Gasteiger partial charge in [-0.25, -0.2) is 9.59 Å². The normalized spacial score (nSPS) is 9.35. The van der Waals surface area contributed by atoms with Crippen LogP contribution in [-0.4, -0.2) is 57.7 Å². The number of unbranched alkanes of at least 4 members (excludes halogenated alkanes) is 4. The van der Waals surface area contributed by atoms with Crippen LogP contribution in [0.1, 0.15) is 62.5 Å². The number of hydrogen-bond acceptors (Lipinski definition) is 8. The molecule has 0 fully saturated rings. The van der Waals surface area contributed by atoms with Crippen LogP contribution in [0.15, 0.2) is 58.5 Å². The molecule has 0 saturated carbocycles. The number of rotatable bonds is 14. The Kier molecular flexibility index (Phi) is 20.1. The third-order valence-electron chi connectivity index (χ3n) is 4.73. The van der Waals surface area contributed by atoms with Gasteiger partial charge < -0.3 is 20.4 Å². The number of carboxylic acids is 2. The van der Waals surface area contributed by atoms with Gasteiger partial charge in [0, 0.05) is 26.1 Å². The molecule has 2 aromatic rings. The topological polar surface area (TPSA) is 174 Å². The molecular formula is C27H34N2O8. The number of benzene rings is 2. The number of carbonyl (C=O) groups is 2. The SMILES string of the molecule is O=C(O)CCCCC(=O)O.O=C=Nc1ccc(Cc2ccc(N=C=O)cc2)cc1.OCCCCCCO. The number of aliphatic imine (C=N–C) groups is 2. The zero-order valence-electron chi connectivity index (χ0n) is 20.7. The first-order chi connectivity index (χ1) is 17.9. The highest BCUT2D eigenvalue weighted by atomic mass is 16.4. The molecule has 10 heteroatoms. The van der Waals surface area contributed by atoms with Crippen LogP contribution in [0.2, 0.25) is 0 Å². The summed E-state index contributed by atoms with van der Waals surface area (Å²) in [6.07, 6.45) is 8.61. The lowest BCUT2D eigenvalue weighted by molar-refractivity contribution is -0.139. The zero-order chi connectivity index (χ0) is 27.7. The molecule has 37 heavy (non-hydrogen) atoms. The number of hydrogen-bond donors (Lipinski definition) is 4. The number of carboxylic acid groups (broad SMARTS) is 2. The van der Waals surface area contributed by atoms with E-state index in [1.165, 1.54) is 12.2 Å². The van der Waals surface area contributed by atoms with Gasteiger partial charge in [0.05, 0.1) is 11.4 Å². The standard InChI is InChI=1S/C15H10N2O2.C6H10O4.C6H14O2/c18-10-16-14-5-1-12(2-6-14)9-13-3-7-15(8-4-13)17-11-19;7-5(8)3-1-2-4-6(9)10;7-5-3-1-2-4-6-8/h1-8H,9H2;1-4H2,(H,7,8)(H,9,10);7-8H,1-6H2. The van der Waals surface area contributed by atoms with Gasteiger partial charge in [0.1, 0.15) is 0 Å². The second-order valence-corrected chi connectivity index (χ2v) is 7.77. The van der Waals surface area contributed by atoms with E-state index in [1.807, 2.05) is 24.3 Å². The first-order valence-corrected chi connectivity index (χ1v) is 11.8. The molecule has 0 heterocycles. The number of nitrogens with zero attached hydrogens (tertiary/aromatic N) is 2. The van der Waals surface area contributed by atoms with E-state index >= 15 is 0 Å². The molecule has 200 valence electrons. The minimum atomic E-state index is -0.870. The molecule has 0 unspecified atom stereocenters. The highest BCUT2D eigenvalue weighted by Crippen LogP contribution is 2.17. The number of aliphatic hydroxyl groups excluding tert-OH is 2. The molecule has 0 aromatic heterocycles. The Hall–Kier alpha value is -3.94. The first kappa shape index (κ1) is 33.1. The summed E-state index contributed by atoms with van der Waals surface area (Å²) < 4.78 is 0. The Morgan fingerprint density at radius 2 is 0.946 bits per heavy atom. The van der Waals surface area contributed by atoms with E-state index in [1.54, 1.807) is 24.3 Å². The van der Waals surface area contributed by atoms with Crippen molar-refractivity contribution in [2.75, 3.05) is 13.2 Å². The molecule has 0 saturated heterocycles. The summed E-state index contributed by atoms with van der Waals surface area (Å²) >= 11 is 0. The second-order valence-electron chi connectivity index (χ2n) is 7.77. The third-order valence-corrected chi connectivity index (χ3v) is 4.73. The van der Waals surface area contributed by atoms with Crippen molar-refractivity contribution >= 4 is 35.5 Å². The number of carbonyl (C=O) groups excluding carboxylic acids is 2.